The zero-order valence-corrected chi connectivity index (χ0v) is 12.7. The molecule has 3 heterocycles. The molecule has 8 heteroatoms. The second-order valence-corrected chi connectivity index (χ2v) is 5.00. The van der Waals surface area contributed by atoms with Crippen LogP contribution in [0.5, 0.6) is 0 Å². The lowest BCUT2D eigenvalue weighted by Crippen LogP contribution is -2.25. The van der Waals surface area contributed by atoms with Crippen LogP contribution in [0.15, 0.2) is 36.9 Å². The average molecular weight is 311 g/mol. The molecular weight excluding hydrogens is 294 g/mol. The highest BCUT2D eigenvalue weighted by molar-refractivity contribution is 5.86. The van der Waals surface area contributed by atoms with Gasteiger partial charge in [-0.1, -0.05) is 6.07 Å². The molecule has 3 aromatic heterocycles. The summed E-state index contributed by atoms with van der Waals surface area (Å²) >= 11 is 0. The van der Waals surface area contributed by atoms with Crippen molar-refractivity contribution in [1.29, 1.82) is 0 Å². The predicted octanol–water partition coefficient (Wildman–Crippen LogP) is 0.877. The van der Waals surface area contributed by atoms with Gasteiger partial charge in [0.2, 0.25) is 5.91 Å². The van der Waals surface area contributed by atoms with Crippen molar-refractivity contribution >= 4 is 22.8 Å². The number of fused-ring (bicyclic) bond motifs is 1. The smallest absolute Gasteiger partial charge is 0.222 e. The summed E-state index contributed by atoms with van der Waals surface area (Å²) in [5.41, 5.74) is 1.59. The van der Waals surface area contributed by atoms with E-state index in [9.17, 15) is 4.79 Å². The van der Waals surface area contributed by atoms with Crippen molar-refractivity contribution in [2.45, 2.75) is 13.0 Å². The third-order valence-corrected chi connectivity index (χ3v) is 3.37. The molecule has 1 amide bonds. The Morgan fingerprint density at radius 3 is 3.00 bits per heavy atom. The largest absolute Gasteiger partial charge is 0.369 e. The second-order valence-electron chi connectivity index (χ2n) is 5.00. The Labute approximate surface area is 133 Å². The molecule has 0 unspecified atom stereocenters. The maximum absolute atomic E-state index is 11.8. The summed E-state index contributed by atoms with van der Waals surface area (Å²) in [6.07, 6.45) is 5.24. The number of carbonyl (C=O) groups excluding carboxylic acids is 1. The van der Waals surface area contributed by atoms with Gasteiger partial charge in [-0.05, 0) is 12.1 Å². The molecule has 8 nitrogen and oxygen atoms in total. The molecule has 0 aliphatic carbocycles. The lowest BCUT2D eigenvalue weighted by Gasteiger charge is -2.07. The van der Waals surface area contributed by atoms with Gasteiger partial charge in [-0.3, -0.25) is 14.5 Å². The van der Waals surface area contributed by atoms with Gasteiger partial charge in [0.05, 0.1) is 23.8 Å². The monoisotopic (exact) mass is 311 g/mol. The fourth-order valence-electron chi connectivity index (χ4n) is 2.18. The maximum Gasteiger partial charge on any atom is 0.222 e. The van der Waals surface area contributed by atoms with Crippen molar-refractivity contribution in [3.63, 3.8) is 0 Å². The van der Waals surface area contributed by atoms with Crippen molar-refractivity contribution in [3.05, 3.63) is 42.6 Å². The Morgan fingerprint density at radius 2 is 2.17 bits per heavy atom. The summed E-state index contributed by atoms with van der Waals surface area (Å²) in [5, 5.41) is 11.0. The van der Waals surface area contributed by atoms with Gasteiger partial charge in [0.1, 0.15) is 12.1 Å². The third kappa shape index (κ3) is 3.60. The Hall–Kier alpha value is -3.03. The van der Waals surface area contributed by atoms with E-state index in [2.05, 4.69) is 30.7 Å². The number of hydrogen-bond donors (Lipinski definition) is 2. The number of aryl methyl sites for hydroxylation is 1. The molecule has 0 fully saturated rings. The first-order valence-electron chi connectivity index (χ1n) is 7.27. The minimum Gasteiger partial charge on any atom is -0.369 e. The lowest BCUT2D eigenvalue weighted by atomic mass is 10.3. The molecule has 0 radical (unpaired) electrons. The van der Waals surface area contributed by atoms with Crippen LogP contribution in [0.4, 0.5) is 5.82 Å². The summed E-state index contributed by atoms with van der Waals surface area (Å²) in [4.78, 5) is 24.4. The Morgan fingerprint density at radius 1 is 1.26 bits per heavy atom. The van der Waals surface area contributed by atoms with E-state index in [4.69, 9.17) is 0 Å². The molecule has 23 heavy (non-hydrogen) atoms. The van der Waals surface area contributed by atoms with Crippen LogP contribution < -0.4 is 10.6 Å². The zero-order chi connectivity index (χ0) is 16.1. The molecule has 3 rings (SSSR count). The zero-order valence-electron chi connectivity index (χ0n) is 12.7. The molecule has 2 N–H and O–H groups in total. The second kappa shape index (κ2) is 6.82. The topological polar surface area (TPSA) is 97.6 Å². The van der Waals surface area contributed by atoms with Crippen LogP contribution in [-0.4, -0.2) is 37.2 Å². The highest BCUT2D eigenvalue weighted by atomic mass is 16.1. The van der Waals surface area contributed by atoms with E-state index in [1.165, 1.54) is 6.33 Å². The Balaban J connectivity index is 1.49. The van der Waals surface area contributed by atoms with E-state index in [1.54, 1.807) is 17.1 Å². The predicted molar refractivity (Wildman–Crippen MR) is 85.5 cm³/mol. The standard InChI is InChI=1S/C15H17N7O/c1-22-15-12(9-21-22)14(19-10-20-15)17-7-5-13(23)18-8-11-4-2-3-6-16-11/h2-4,6,9-10H,5,7-8H2,1H3,(H,18,23)(H,17,19,20). The average Bonchev–Trinajstić information content (AvgIpc) is 2.96. The maximum atomic E-state index is 11.8. The fourth-order valence-corrected chi connectivity index (χ4v) is 2.18. The minimum absolute atomic E-state index is 0.0420. The van der Waals surface area contributed by atoms with Crippen LogP contribution in [0.2, 0.25) is 0 Å². The molecular formula is C15H17N7O. The van der Waals surface area contributed by atoms with E-state index >= 15 is 0 Å². The lowest BCUT2D eigenvalue weighted by molar-refractivity contribution is -0.121. The Bertz CT molecular complexity index is 800. The van der Waals surface area contributed by atoms with Crippen molar-refractivity contribution in [2.24, 2.45) is 7.05 Å². The number of aromatic nitrogens is 5. The molecule has 0 bridgehead atoms. The van der Waals surface area contributed by atoms with Crippen molar-refractivity contribution in [2.75, 3.05) is 11.9 Å². The number of anilines is 1. The molecule has 0 saturated heterocycles. The van der Waals surface area contributed by atoms with Gasteiger partial charge >= 0.3 is 0 Å². The number of rotatable bonds is 6. The number of pyridine rings is 1. The minimum atomic E-state index is -0.0420. The van der Waals surface area contributed by atoms with Gasteiger partial charge in [-0.2, -0.15) is 5.10 Å². The number of amides is 1. The molecule has 0 aromatic carbocycles. The first kappa shape index (κ1) is 14.9. The number of nitrogens with one attached hydrogen (secondary N) is 2. The van der Waals surface area contributed by atoms with Gasteiger partial charge < -0.3 is 10.6 Å². The number of hydrogen-bond acceptors (Lipinski definition) is 6. The van der Waals surface area contributed by atoms with E-state index in [0.717, 1.165) is 16.7 Å². The fraction of sp³-hybridized carbons (Fsp3) is 0.267. The van der Waals surface area contributed by atoms with Crippen molar-refractivity contribution in [3.8, 4) is 0 Å². The molecule has 0 saturated carbocycles. The van der Waals surface area contributed by atoms with Crippen LogP contribution >= 0.6 is 0 Å². The molecule has 0 atom stereocenters. The van der Waals surface area contributed by atoms with Gasteiger partial charge in [-0.15, -0.1) is 0 Å². The van der Waals surface area contributed by atoms with Crippen molar-refractivity contribution < 1.29 is 4.79 Å². The summed E-state index contributed by atoms with van der Waals surface area (Å²) in [6.45, 7) is 0.912. The van der Waals surface area contributed by atoms with Crippen LogP contribution in [0.1, 0.15) is 12.1 Å². The van der Waals surface area contributed by atoms with Crippen LogP contribution in [0, 0.1) is 0 Å². The van der Waals surface area contributed by atoms with Crippen LogP contribution in [-0.2, 0) is 18.4 Å². The number of nitrogens with zero attached hydrogens (tertiary/aromatic N) is 5. The van der Waals surface area contributed by atoms with Gasteiger partial charge in [0, 0.05) is 26.2 Å². The summed E-state index contributed by atoms with van der Waals surface area (Å²) in [7, 11) is 1.82. The first-order valence-corrected chi connectivity index (χ1v) is 7.27. The van der Waals surface area contributed by atoms with E-state index in [1.807, 2.05) is 25.2 Å². The molecule has 0 spiro atoms. The Kier molecular flexibility index (Phi) is 4.41. The first-order chi connectivity index (χ1) is 11.2. The quantitative estimate of drug-likeness (QED) is 0.701. The molecule has 3 aromatic rings. The summed E-state index contributed by atoms with van der Waals surface area (Å²) in [5.74, 6) is 0.639. The molecule has 0 aliphatic heterocycles. The summed E-state index contributed by atoms with van der Waals surface area (Å²) in [6, 6.07) is 5.61. The molecule has 0 aliphatic rings. The molecule has 118 valence electrons. The van der Waals surface area contributed by atoms with Gasteiger partial charge in [0.25, 0.3) is 0 Å². The van der Waals surface area contributed by atoms with Crippen molar-refractivity contribution in [1.82, 2.24) is 30.0 Å². The SMILES string of the molecule is Cn1ncc2c(NCCC(=O)NCc3ccccn3)ncnc21. The third-order valence-electron chi connectivity index (χ3n) is 3.37. The van der Waals surface area contributed by atoms with Crippen LogP contribution in [0.3, 0.4) is 0 Å². The van der Waals surface area contributed by atoms with E-state index in [-0.39, 0.29) is 5.91 Å². The number of carbonyl (C=O) groups is 1. The van der Waals surface area contributed by atoms with E-state index in [0.29, 0.717) is 25.3 Å². The normalized spacial score (nSPS) is 10.7. The van der Waals surface area contributed by atoms with E-state index < -0.39 is 0 Å². The van der Waals surface area contributed by atoms with Crippen LogP contribution in [0.25, 0.3) is 11.0 Å². The highest BCUT2D eigenvalue weighted by Crippen LogP contribution is 2.17. The highest BCUT2D eigenvalue weighted by Gasteiger charge is 2.08. The van der Waals surface area contributed by atoms with Gasteiger partial charge in [-0.25, -0.2) is 9.97 Å². The van der Waals surface area contributed by atoms with Gasteiger partial charge in [0.15, 0.2) is 5.65 Å². The summed E-state index contributed by atoms with van der Waals surface area (Å²) < 4.78 is 1.68.